The van der Waals surface area contributed by atoms with E-state index in [1.54, 1.807) is 65.1 Å². The molecule has 6 rings (SSSR count). The van der Waals surface area contributed by atoms with Crippen LogP contribution < -0.4 is 0 Å². The maximum atomic E-state index is 12.7. The number of nitrogens with zero attached hydrogens (tertiary/aromatic N) is 3. The molecular formula is C41H41F8N3. The molecule has 0 amide bonds. The lowest BCUT2D eigenvalue weighted by Gasteiger charge is -1.96. The summed E-state index contributed by atoms with van der Waals surface area (Å²) in [7, 11) is 0. The molecule has 0 aliphatic rings. The summed E-state index contributed by atoms with van der Waals surface area (Å²) in [5.41, 5.74) is 6.10. The van der Waals surface area contributed by atoms with Crippen molar-refractivity contribution in [2.45, 2.75) is 55.4 Å². The summed E-state index contributed by atoms with van der Waals surface area (Å²) in [6, 6.07) is 19.7. The Bertz CT molecular complexity index is 1780. The topological polar surface area (TPSA) is 38.7 Å². The Morgan fingerprint density at radius 2 is 0.981 bits per heavy atom. The first kappa shape index (κ1) is 44.6. The van der Waals surface area contributed by atoms with Crippen LogP contribution >= 0.6 is 0 Å². The van der Waals surface area contributed by atoms with Crippen molar-refractivity contribution < 1.29 is 35.1 Å². The van der Waals surface area contributed by atoms with Gasteiger partial charge >= 0.3 is 0 Å². The molecule has 0 radical (unpaired) electrons. The monoisotopic (exact) mass is 727 g/mol. The maximum Gasteiger partial charge on any atom is 0.213 e. The molecule has 0 atom stereocenters. The van der Waals surface area contributed by atoms with Gasteiger partial charge in [0.05, 0.1) is 6.20 Å². The number of aromatic nitrogens is 3. The first-order valence-corrected chi connectivity index (χ1v) is 15.7. The van der Waals surface area contributed by atoms with Gasteiger partial charge in [-0.05, 0) is 137 Å². The van der Waals surface area contributed by atoms with Gasteiger partial charge in [0.1, 0.15) is 23.3 Å². The molecule has 0 aliphatic heterocycles. The Hall–Kier alpha value is -5.45. The highest BCUT2D eigenvalue weighted by Crippen LogP contribution is 2.12. The molecule has 6 aromatic rings. The van der Waals surface area contributed by atoms with Gasteiger partial charge in [-0.2, -0.15) is 4.39 Å². The number of pyridine rings is 3. The lowest BCUT2D eigenvalue weighted by molar-refractivity contribution is 0.446. The Morgan fingerprint density at radius 1 is 0.404 bits per heavy atom. The molecule has 3 heterocycles. The van der Waals surface area contributed by atoms with Crippen LogP contribution in [0.5, 0.6) is 0 Å². The van der Waals surface area contributed by atoms with Gasteiger partial charge in [-0.1, -0.05) is 35.9 Å². The van der Waals surface area contributed by atoms with E-state index in [1.807, 2.05) is 26.0 Å². The molecule has 52 heavy (non-hydrogen) atoms. The minimum absolute atomic E-state index is 0.0856. The van der Waals surface area contributed by atoms with Gasteiger partial charge in [-0.3, -0.25) is 9.97 Å². The second-order valence-electron chi connectivity index (χ2n) is 11.5. The largest absolute Gasteiger partial charge is 0.261 e. The Labute approximate surface area is 300 Å². The summed E-state index contributed by atoms with van der Waals surface area (Å²) in [5.74, 6) is -4.81. The number of aryl methyl sites for hydroxylation is 8. The highest BCUT2D eigenvalue weighted by molar-refractivity contribution is 5.23. The molecule has 0 spiro atoms. The van der Waals surface area contributed by atoms with Crippen LogP contribution in [0.4, 0.5) is 35.1 Å². The molecule has 0 unspecified atom stereocenters. The van der Waals surface area contributed by atoms with Crippen molar-refractivity contribution in [3.8, 4) is 0 Å². The SMILES string of the molecule is Cc1cc(F)c(F)c(F)c1.Cc1cc(F)ccn1.Cc1ccc(F)c(C)c1.Cc1cccc(C)c1F.Cc1ccnc(F)c1.Cc1cncc(F)c1. The third-order valence-electron chi connectivity index (χ3n) is 6.41. The summed E-state index contributed by atoms with van der Waals surface area (Å²) >= 11 is 0. The molecule has 0 bridgehead atoms. The molecule has 0 fully saturated rings. The van der Waals surface area contributed by atoms with Crippen LogP contribution in [0.1, 0.15) is 44.6 Å². The molecule has 0 N–H and O–H groups in total. The molecule has 3 nitrogen and oxygen atoms in total. The highest BCUT2D eigenvalue weighted by Gasteiger charge is 2.07. The van der Waals surface area contributed by atoms with Gasteiger partial charge in [0.25, 0.3) is 0 Å². The van der Waals surface area contributed by atoms with Crippen molar-refractivity contribution in [3.05, 3.63) is 195 Å². The van der Waals surface area contributed by atoms with E-state index >= 15 is 0 Å². The Balaban J connectivity index is 0.000000313. The minimum atomic E-state index is -1.41. The zero-order chi connectivity index (χ0) is 39.4. The van der Waals surface area contributed by atoms with Crippen LogP contribution in [0.3, 0.4) is 0 Å². The third kappa shape index (κ3) is 18.5. The number of halogens is 8. The number of benzene rings is 3. The molecule has 0 saturated carbocycles. The van der Waals surface area contributed by atoms with Gasteiger partial charge in [0, 0.05) is 24.3 Å². The summed E-state index contributed by atoms with van der Waals surface area (Å²) in [6.45, 7) is 14.1. The Morgan fingerprint density at radius 3 is 1.37 bits per heavy atom. The average Bonchev–Trinajstić information content (AvgIpc) is 3.05. The molecule has 11 heteroatoms. The predicted molar refractivity (Wildman–Crippen MR) is 190 cm³/mol. The predicted octanol–water partition coefficient (Wildman–Crippen LogP) is 11.9. The van der Waals surface area contributed by atoms with Crippen LogP contribution in [-0.4, -0.2) is 15.0 Å². The van der Waals surface area contributed by atoms with E-state index in [2.05, 4.69) is 15.0 Å². The van der Waals surface area contributed by atoms with Gasteiger partial charge in [-0.15, -0.1) is 0 Å². The van der Waals surface area contributed by atoms with E-state index in [9.17, 15) is 35.1 Å². The molecule has 0 aliphatic carbocycles. The minimum Gasteiger partial charge on any atom is -0.261 e. The van der Waals surface area contributed by atoms with E-state index in [4.69, 9.17) is 0 Å². The smallest absolute Gasteiger partial charge is 0.213 e. The van der Waals surface area contributed by atoms with Crippen LogP contribution in [-0.2, 0) is 0 Å². The highest BCUT2D eigenvalue weighted by atomic mass is 19.2. The van der Waals surface area contributed by atoms with E-state index in [1.165, 1.54) is 55.8 Å². The molecule has 0 saturated heterocycles. The second kappa shape index (κ2) is 23.1. The van der Waals surface area contributed by atoms with E-state index in [-0.39, 0.29) is 23.3 Å². The molecule has 3 aromatic carbocycles. The first-order valence-electron chi connectivity index (χ1n) is 15.7. The second-order valence-corrected chi connectivity index (χ2v) is 11.5. The summed E-state index contributed by atoms with van der Waals surface area (Å²) in [4.78, 5) is 10.8. The number of hydrogen-bond donors (Lipinski definition) is 0. The fraction of sp³-hybridized carbons (Fsp3) is 0.195. The molecule has 276 valence electrons. The summed E-state index contributed by atoms with van der Waals surface area (Å²) in [5, 5.41) is 0. The van der Waals surface area contributed by atoms with Crippen molar-refractivity contribution in [3.63, 3.8) is 0 Å². The lowest BCUT2D eigenvalue weighted by Crippen LogP contribution is -1.90. The first-order chi connectivity index (χ1) is 24.4. The summed E-state index contributed by atoms with van der Waals surface area (Å²) in [6.07, 6.45) is 5.70. The van der Waals surface area contributed by atoms with Gasteiger partial charge in [0.15, 0.2) is 17.5 Å². The summed E-state index contributed by atoms with van der Waals surface area (Å²) < 4.78 is 98.1. The molecular weight excluding hydrogens is 686 g/mol. The van der Waals surface area contributed by atoms with E-state index in [0.717, 1.165) is 45.5 Å². The fourth-order valence-electron chi connectivity index (χ4n) is 3.80. The van der Waals surface area contributed by atoms with Crippen molar-refractivity contribution in [2.24, 2.45) is 0 Å². The fourth-order valence-corrected chi connectivity index (χ4v) is 3.80. The normalized spacial score (nSPS) is 9.54. The van der Waals surface area contributed by atoms with Gasteiger partial charge in [-0.25, -0.2) is 35.7 Å². The maximum absolute atomic E-state index is 12.7. The quantitative estimate of drug-likeness (QED) is 0.0888. The molecule has 3 aromatic heterocycles. The number of hydrogen-bond acceptors (Lipinski definition) is 3. The van der Waals surface area contributed by atoms with Gasteiger partial charge < -0.3 is 0 Å². The van der Waals surface area contributed by atoms with Crippen molar-refractivity contribution in [2.75, 3.05) is 0 Å². The van der Waals surface area contributed by atoms with Crippen LogP contribution in [0, 0.1) is 102 Å². The third-order valence-corrected chi connectivity index (χ3v) is 6.41. The van der Waals surface area contributed by atoms with Crippen LogP contribution in [0.2, 0.25) is 0 Å². The van der Waals surface area contributed by atoms with Crippen molar-refractivity contribution in [1.82, 2.24) is 15.0 Å². The average molecular weight is 728 g/mol. The van der Waals surface area contributed by atoms with Crippen molar-refractivity contribution >= 4 is 0 Å². The zero-order valence-electron chi connectivity index (χ0n) is 30.2. The Kier molecular flexibility index (Phi) is 19.8. The van der Waals surface area contributed by atoms with Crippen molar-refractivity contribution in [1.29, 1.82) is 0 Å². The van der Waals surface area contributed by atoms with Gasteiger partial charge in [0.2, 0.25) is 5.95 Å². The van der Waals surface area contributed by atoms with Crippen LogP contribution in [0.15, 0.2) is 104 Å². The number of rotatable bonds is 0. The zero-order valence-corrected chi connectivity index (χ0v) is 30.2. The van der Waals surface area contributed by atoms with Crippen LogP contribution in [0.25, 0.3) is 0 Å². The lowest BCUT2D eigenvalue weighted by atomic mass is 10.1. The standard InChI is InChI=1S/2C8H9F.C7H5F3.3C6H6FN/c1-6-3-4-8(9)7(2)5-6;1-6-4-3-5-7(2)8(6)9;1-4-2-5(8)7(10)6(9)3-4;1-5-2-6(7)4-8-3-5;1-5-4-6(7)2-3-8-5;1-5-2-3-8-6(7)4-5/h2*3-5H,1-2H3;2-3H,1H3;3*2-4H,1H3. The van der Waals surface area contributed by atoms with E-state index in [0.29, 0.717) is 11.3 Å². The van der Waals surface area contributed by atoms with E-state index < -0.39 is 23.4 Å².